The Morgan fingerprint density at radius 3 is 2.45 bits per heavy atom. The summed E-state index contributed by atoms with van der Waals surface area (Å²) in [6.07, 6.45) is -0.398. The number of nitrogens with one attached hydrogen (secondary N) is 2. The number of aromatic nitrogens is 2. The second-order valence-corrected chi connectivity index (χ2v) is 1.98. The smallest absolute Gasteiger partial charge is 0.325 e. The lowest BCUT2D eigenvalue weighted by Gasteiger charge is -1.89. The first-order chi connectivity index (χ1) is 5.09. The van der Waals surface area contributed by atoms with E-state index in [0.717, 1.165) is 0 Å². The van der Waals surface area contributed by atoms with Crippen molar-refractivity contribution in [3.8, 4) is 5.88 Å². The van der Waals surface area contributed by atoms with Crippen molar-refractivity contribution in [1.29, 1.82) is 0 Å². The Morgan fingerprint density at radius 1 is 1.45 bits per heavy atom. The van der Waals surface area contributed by atoms with Gasteiger partial charge >= 0.3 is 11.7 Å². The van der Waals surface area contributed by atoms with Crippen molar-refractivity contribution >= 4 is 5.97 Å². The van der Waals surface area contributed by atoms with Crippen LogP contribution in [0.4, 0.5) is 0 Å². The van der Waals surface area contributed by atoms with Crippen LogP contribution in [0.25, 0.3) is 0 Å². The molecule has 0 fully saturated rings. The molecule has 1 heterocycles. The molecule has 0 atom stereocenters. The molecular formula is C5H6N2O4. The number of H-pyrrole nitrogens is 2. The van der Waals surface area contributed by atoms with E-state index in [-0.39, 0.29) is 5.69 Å². The first kappa shape index (κ1) is 7.39. The summed E-state index contributed by atoms with van der Waals surface area (Å²) in [6, 6.07) is 0. The molecule has 4 N–H and O–H groups in total. The minimum atomic E-state index is -1.12. The van der Waals surface area contributed by atoms with Crippen molar-refractivity contribution in [2.45, 2.75) is 6.42 Å². The van der Waals surface area contributed by atoms with Crippen molar-refractivity contribution in [3.63, 3.8) is 0 Å². The molecule has 6 nitrogen and oxygen atoms in total. The van der Waals surface area contributed by atoms with Gasteiger partial charge in [-0.2, -0.15) is 0 Å². The van der Waals surface area contributed by atoms with Gasteiger partial charge in [-0.25, -0.2) is 4.79 Å². The quantitative estimate of drug-likeness (QED) is 0.444. The van der Waals surface area contributed by atoms with Gasteiger partial charge in [-0.15, -0.1) is 0 Å². The Labute approximate surface area is 60.5 Å². The van der Waals surface area contributed by atoms with Crippen LogP contribution in [-0.2, 0) is 11.2 Å². The maximum Gasteiger partial charge on any atom is 0.325 e. The molecule has 0 saturated heterocycles. The lowest BCUT2D eigenvalue weighted by atomic mass is 10.3. The first-order valence-corrected chi connectivity index (χ1v) is 2.81. The molecule has 0 bridgehead atoms. The fraction of sp³-hybridized carbons (Fsp3) is 0.200. The predicted molar refractivity (Wildman–Crippen MR) is 34.4 cm³/mol. The summed E-state index contributed by atoms with van der Waals surface area (Å²) < 4.78 is 0. The van der Waals surface area contributed by atoms with Gasteiger partial charge in [-0.3, -0.25) is 9.78 Å². The number of carboxylic acid groups (broad SMARTS) is 1. The molecule has 0 aromatic carbocycles. The third kappa shape index (κ3) is 1.60. The van der Waals surface area contributed by atoms with Gasteiger partial charge in [0.1, 0.15) is 0 Å². The van der Waals surface area contributed by atoms with Crippen molar-refractivity contribution in [3.05, 3.63) is 16.2 Å². The summed E-state index contributed by atoms with van der Waals surface area (Å²) in [7, 11) is 0. The molecule has 0 radical (unpaired) electrons. The summed E-state index contributed by atoms with van der Waals surface area (Å²) in [4.78, 5) is 24.6. The van der Waals surface area contributed by atoms with E-state index in [1.807, 2.05) is 4.98 Å². The molecule has 60 valence electrons. The number of carbonyl (C=O) groups is 1. The lowest BCUT2D eigenvalue weighted by molar-refractivity contribution is -0.136. The number of hydrogen-bond donors (Lipinski definition) is 4. The molecular weight excluding hydrogens is 152 g/mol. The van der Waals surface area contributed by atoms with Gasteiger partial charge in [-0.1, -0.05) is 0 Å². The van der Waals surface area contributed by atoms with Crippen LogP contribution in [0.15, 0.2) is 4.79 Å². The molecule has 1 aromatic heterocycles. The molecule has 0 saturated carbocycles. The maximum absolute atomic E-state index is 10.4. The highest BCUT2D eigenvalue weighted by Crippen LogP contribution is 2.06. The van der Waals surface area contributed by atoms with E-state index in [2.05, 4.69) is 4.98 Å². The van der Waals surface area contributed by atoms with Crippen molar-refractivity contribution < 1.29 is 15.0 Å². The zero-order valence-corrected chi connectivity index (χ0v) is 5.42. The van der Waals surface area contributed by atoms with Crippen molar-refractivity contribution in [2.24, 2.45) is 0 Å². The van der Waals surface area contributed by atoms with Crippen LogP contribution in [0, 0.1) is 0 Å². The molecule has 0 aliphatic rings. The van der Waals surface area contributed by atoms with Crippen molar-refractivity contribution in [1.82, 2.24) is 9.97 Å². The van der Waals surface area contributed by atoms with E-state index in [1.165, 1.54) is 0 Å². The maximum atomic E-state index is 10.4. The first-order valence-electron chi connectivity index (χ1n) is 2.81. The molecule has 0 aliphatic heterocycles. The highest BCUT2D eigenvalue weighted by Gasteiger charge is 2.08. The largest absolute Gasteiger partial charge is 0.493 e. The number of carboxylic acids is 1. The molecule has 0 unspecified atom stereocenters. The number of imidazole rings is 1. The van der Waals surface area contributed by atoms with Gasteiger partial charge in [0.15, 0.2) is 0 Å². The zero-order valence-electron chi connectivity index (χ0n) is 5.42. The average Bonchev–Trinajstić information content (AvgIpc) is 2.09. The Kier molecular flexibility index (Phi) is 1.67. The minimum Gasteiger partial charge on any atom is -0.493 e. The van der Waals surface area contributed by atoms with Crippen LogP contribution in [0.2, 0.25) is 0 Å². The van der Waals surface area contributed by atoms with E-state index >= 15 is 0 Å². The average molecular weight is 158 g/mol. The topological polar surface area (TPSA) is 106 Å². The highest BCUT2D eigenvalue weighted by atomic mass is 16.4. The highest BCUT2D eigenvalue weighted by molar-refractivity contribution is 5.70. The molecule has 1 aromatic rings. The van der Waals surface area contributed by atoms with Crippen LogP contribution < -0.4 is 5.69 Å². The van der Waals surface area contributed by atoms with E-state index < -0.39 is 24.0 Å². The fourth-order valence-corrected chi connectivity index (χ4v) is 0.690. The van der Waals surface area contributed by atoms with Crippen LogP contribution in [0.1, 0.15) is 5.69 Å². The summed E-state index contributed by atoms with van der Waals surface area (Å²) in [5.41, 5.74) is -0.624. The molecule has 6 heteroatoms. The minimum absolute atomic E-state index is 0.0116. The van der Waals surface area contributed by atoms with Gasteiger partial charge in [-0.05, 0) is 0 Å². The van der Waals surface area contributed by atoms with Gasteiger partial charge in [0.05, 0.1) is 12.1 Å². The molecule has 0 spiro atoms. The number of aromatic hydroxyl groups is 1. The fourth-order valence-electron chi connectivity index (χ4n) is 0.690. The van der Waals surface area contributed by atoms with Crippen molar-refractivity contribution in [2.75, 3.05) is 0 Å². The SMILES string of the molecule is O=C(O)Cc1[nH]c(=O)[nH]c1O. The zero-order chi connectivity index (χ0) is 8.43. The van der Waals surface area contributed by atoms with Gasteiger partial charge in [0.25, 0.3) is 0 Å². The van der Waals surface area contributed by atoms with Crippen LogP contribution >= 0.6 is 0 Å². The second-order valence-electron chi connectivity index (χ2n) is 1.98. The van der Waals surface area contributed by atoms with Gasteiger partial charge in [0, 0.05) is 0 Å². The summed E-state index contributed by atoms with van der Waals surface area (Å²) in [5.74, 6) is -1.53. The standard InChI is InChI=1S/C5H6N2O4/c8-3(9)1-2-4(10)7-5(11)6-2/h10H,1H2,(H,8,9)(H2,6,7,11). The summed E-state index contributed by atoms with van der Waals surface area (Å²) in [5, 5.41) is 17.1. The molecule has 0 amide bonds. The van der Waals surface area contributed by atoms with E-state index in [9.17, 15) is 9.59 Å². The number of aromatic amines is 2. The predicted octanol–water partition coefficient (Wildman–Crippen LogP) is -0.964. The van der Waals surface area contributed by atoms with Crippen LogP contribution in [-0.4, -0.2) is 26.2 Å². The third-order valence-corrected chi connectivity index (χ3v) is 1.11. The Bertz CT molecular complexity index is 323. The van der Waals surface area contributed by atoms with E-state index in [0.29, 0.717) is 0 Å². The second kappa shape index (κ2) is 2.49. The molecule has 0 aliphatic carbocycles. The van der Waals surface area contributed by atoms with E-state index in [1.54, 1.807) is 0 Å². The van der Waals surface area contributed by atoms with Gasteiger partial charge in [0.2, 0.25) is 5.88 Å². The number of rotatable bonds is 2. The summed E-state index contributed by atoms with van der Waals surface area (Å²) in [6.45, 7) is 0. The Balaban J connectivity index is 2.94. The Morgan fingerprint density at radius 2 is 2.09 bits per heavy atom. The Hall–Kier alpha value is -1.72. The van der Waals surface area contributed by atoms with Crippen LogP contribution in [0.5, 0.6) is 5.88 Å². The van der Waals surface area contributed by atoms with Crippen LogP contribution in [0.3, 0.4) is 0 Å². The molecule has 1 rings (SSSR count). The monoisotopic (exact) mass is 158 g/mol. The number of aliphatic carboxylic acids is 1. The number of hydrogen-bond acceptors (Lipinski definition) is 3. The third-order valence-electron chi connectivity index (χ3n) is 1.11. The lowest BCUT2D eigenvalue weighted by Crippen LogP contribution is -2.04. The van der Waals surface area contributed by atoms with Gasteiger partial charge < -0.3 is 15.2 Å². The van der Waals surface area contributed by atoms with E-state index in [4.69, 9.17) is 10.2 Å². The normalized spacial score (nSPS) is 9.82. The summed E-state index contributed by atoms with van der Waals surface area (Å²) >= 11 is 0. The molecule has 11 heavy (non-hydrogen) atoms.